The van der Waals surface area contributed by atoms with Crippen LogP contribution >= 0.6 is 11.3 Å². The van der Waals surface area contributed by atoms with Crippen LogP contribution in [0.5, 0.6) is 5.75 Å². The second-order valence-corrected chi connectivity index (χ2v) is 7.91. The van der Waals surface area contributed by atoms with E-state index in [2.05, 4.69) is 4.98 Å². The van der Waals surface area contributed by atoms with Crippen LogP contribution in [0.1, 0.15) is 44.1 Å². The monoisotopic (exact) mass is 402 g/mol. The SMILES string of the molecule is CCOC(=O)C1CCN(C(=O)c2csc(-c3ccc(OC(C)C)cc3)n2)CC1. The minimum Gasteiger partial charge on any atom is -0.491 e. The van der Waals surface area contributed by atoms with Gasteiger partial charge in [0, 0.05) is 24.0 Å². The molecular formula is C21H26N2O4S. The van der Waals surface area contributed by atoms with E-state index in [1.165, 1.54) is 11.3 Å². The normalized spacial score (nSPS) is 14.9. The lowest BCUT2D eigenvalue weighted by Crippen LogP contribution is -2.40. The number of amides is 1. The quantitative estimate of drug-likeness (QED) is 0.683. The van der Waals surface area contributed by atoms with Crippen molar-refractivity contribution < 1.29 is 19.1 Å². The number of carbonyl (C=O) groups excluding carboxylic acids is 2. The van der Waals surface area contributed by atoms with Crippen LogP contribution in [-0.2, 0) is 9.53 Å². The Kier molecular flexibility index (Phi) is 6.67. The molecule has 2 aromatic rings. The number of hydrogen-bond donors (Lipinski definition) is 0. The molecule has 0 unspecified atom stereocenters. The van der Waals surface area contributed by atoms with Crippen LogP contribution < -0.4 is 4.74 Å². The van der Waals surface area contributed by atoms with Crippen molar-refractivity contribution in [2.75, 3.05) is 19.7 Å². The number of likely N-dealkylation sites (tertiary alicyclic amines) is 1. The van der Waals surface area contributed by atoms with Crippen LogP contribution in [0.3, 0.4) is 0 Å². The van der Waals surface area contributed by atoms with Gasteiger partial charge >= 0.3 is 5.97 Å². The number of hydrogen-bond acceptors (Lipinski definition) is 6. The van der Waals surface area contributed by atoms with Gasteiger partial charge in [0.2, 0.25) is 0 Å². The molecule has 3 rings (SSSR count). The molecule has 6 nitrogen and oxygen atoms in total. The Bertz CT molecular complexity index is 808. The number of benzene rings is 1. The second-order valence-electron chi connectivity index (χ2n) is 7.05. The van der Waals surface area contributed by atoms with E-state index in [1.54, 1.807) is 17.2 Å². The molecular weight excluding hydrogens is 376 g/mol. The summed E-state index contributed by atoms with van der Waals surface area (Å²) in [6.45, 7) is 7.28. The molecule has 0 spiro atoms. The lowest BCUT2D eigenvalue weighted by molar-refractivity contribution is -0.149. The second kappa shape index (κ2) is 9.19. The van der Waals surface area contributed by atoms with Crippen LogP contribution in [0.2, 0.25) is 0 Å². The van der Waals surface area contributed by atoms with Gasteiger partial charge in [-0.15, -0.1) is 11.3 Å². The Balaban J connectivity index is 1.61. The number of thiazole rings is 1. The van der Waals surface area contributed by atoms with E-state index in [-0.39, 0.29) is 23.9 Å². The highest BCUT2D eigenvalue weighted by Gasteiger charge is 2.29. The van der Waals surface area contributed by atoms with Gasteiger partial charge < -0.3 is 14.4 Å². The fourth-order valence-electron chi connectivity index (χ4n) is 3.19. The number of carbonyl (C=O) groups is 2. The molecule has 1 aromatic heterocycles. The summed E-state index contributed by atoms with van der Waals surface area (Å²) in [4.78, 5) is 30.9. The van der Waals surface area contributed by atoms with Gasteiger partial charge in [-0.1, -0.05) is 0 Å². The number of aromatic nitrogens is 1. The Labute approximate surface area is 169 Å². The molecule has 150 valence electrons. The first kappa shape index (κ1) is 20.3. The number of rotatable bonds is 6. The summed E-state index contributed by atoms with van der Waals surface area (Å²) in [5, 5.41) is 2.61. The molecule has 1 amide bonds. The maximum Gasteiger partial charge on any atom is 0.309 e. The first-order valence-electron chi connectivity index (χ1n) is 9.66. The number of piperidine rings is 1. The zero-order chi connectivity index (χ0) is 20.1. The molecule has 1 saturated heterocycles. The zero-order valence-corrected chi connectivity index (χ0v) is 17.3. The lowest BCUT2D eigenvalue weighted by atomic mass is 9.97. The van der Waals surface area contributed by atoms with E-state index >= 15 is 0 Å². The highest BCUT2D eigenvalue weighted by atomic mass is 32.1. The molecule has 7 heteroatoms. The van der Waals surface area contributed by atoms with Gasteiger partial charge in [0.25, 0.3) is 5.91 Å². The predicted octanol–water partition coefficient (Wildman–Crippen LogP) is 4.01. The van der Waals surface area contributed by atoms with Gasteiger partial charge in [0.05, 0.1) is 18.6 Å². The van der Waals surface area contributed by atoms with Gasteiger partial charge in [-0.05, 0) is 57.9 Å². The highest BCUT2D eigenvalue weighted by Crippen LogP contribution is 2.27. The topological polar surface area (TPSA) is 68.7 Å². The molecule has 0 atom stereocenters. The summed E-state index contributed by atoms with van der Waals surface area (Å²) in [6.07, 6.45) is 1.40. The molecule has 1 fully saturated rings. The third kappa shape index (κ3) is 4.90. The molecule has 2 heterocycles. The third-order valence-corrected chi connectivity index (χ3v) is 5.49. The van der Waals surface area contributed by atoms with Crippen molar-refractivity contribution in [1.29, 1.82) is 0 Å². The lowest BCUT2D eigenvalue weighted by Gasteiger charge is -2.30. The summed E-state index contributed by atoms with van der Waals surface area (Å²) in [5.74, 6) is 0.470. The van der Waals surface area contributed by atoms with Crippen LogP contribution in [0.25, 0.3) is 10.6 Å². The van der Waals surface area contributed by atoms with Crippen molar-refractivity contribution in [2.45, 2.75) is 39.7 Å². The number of nitrogens with zero attached hydrogens (tertiary/aromatic N) is 2. The van der Waals surface area contributed by atoms with E-state index in [4.69, 9.17) is 9.47 Å². The van der Waals surface area contributed by atoms with Crippen LogP contribution in [-0.4, -0.2) is 47.6 Å². The Hall–Kier alpha value is -2.41. The smallest absolute Gasteiger partial charge is 0.309 e. The third-order valence-electron chi connectivity index (χ3n) is 4.60. The van der Waals surface area contributed by atoms with Crippen molar-refractivity contribution in [2.24, 2.45) is 5.92 Å². The average molecular weight is 403 g/mol. The number of esters is 1. The molecule has 1 aromatic carbocycles. The van der Waals surface area contributed by atoms with E-state index in [0.29, 0.717) is 38.2 Å². The molecule has 1 aliphatic rings. The Morgan fingerprint density at radius 3 is 2.50 bits per heavy atom. The van der Waals surface area contributed by atoms with Crippen LogP contribution in [0, 0.1) is 5.92 Å². The summed E-state index contributed by atoms with van der Waals surface area (Å²) >= 11 is 1.45. The van der Waals surface area contributed by atoms with Gasteiger partial charge in [-0.3, -0.25) is 9.59 Å². The zero-order valence-electron chi connectivity index (χ0n) is 16.5. The minimum atomic E-state index is -0.157. The molecule has 1 aliphatic heterocycles. The van der Waals surface area contributed by atoms with Crippen molar-refractivity contribution in [3.63, 3.8) is 0 Å². The van der Waals surface area contributed by atoms with Crippen LogP contribution in [0.4, 0.5) is 0 Å². The van der Waals surface area contributed by atoms with E-state index in [0.717, 1.165) is 16.3 Å². The van der Waals surface area contributed by atoms with Gasteiger partial charge in [-0.25, -0.2) is 4.98 Å². The van der Waals surface area contributed by atoms with Gasteiger partial charge in [-0.2, -0.15) is 0 Å². The van der Waals surface area contributed by atoms with Crippen molar-refractivity contribution in [3.05, 3.63) is 35.3 Å². The molecule has 0 radical (unpaired) electrons. The average Bonchev–Trinajstić information content (AvgIpc) is 3.18. The van der Waals surface area contributed by atoms with E-state index in [1.807, 2.05) is 38.1 Å². The maximum atomic E-state index is 12.8. The summed E-state index contributed by atoms with van der Waals surface area (Å²) in [7, 11) is 0. The largest absolute Gasteiger partial charge is 0.491 e. The summed E-state index contributed by atoms with van der Waals surface area (Å²) in [6, 6.07) is 7.74. The fraction of sp³-hybridized carbons (Fsp3) is 0.476. The van der Waals surface area contributed by atoms with Crippen LogP contribution in [0.15, 0.2) is 29.6 Å². The Morgan fingerprint density at radius 2 is 1.89 bits per heavy atom. The first-order valence-corrected chi connectivity index (χ1v) is 10.5. The molecule has 0 aliphatic carbocycles. The Morgan fingerprint density at radius 1 is 1.21 bits per heavy atom. The molecule has 0 saturated carbocycles. The molecule has 0 bridgehead atoms. The number of ether oxygens (including phenoxy) is 2. The van der Waals surface area contributed by atoms with Crippen molar-refractivity contribution in [1.82, 2.24) is 9.88 Å². The summed E-state index contributed by atoms with van der Waals surface area (Å²) < 4.78 is 10.7. The minimum absolute atomic E-state index is 0.0791. The summed E-state index contributed by atoms with van der Waals surface area (Å²) in [5.41, 5.74) is 1.42. The predicted molar refractivity (Wildman–Crippen MR) is 109 cm³/mol. The molecule has 28 heavy (non-hydrogen) atoms. The highest BCUT2D eigenvalue weighted by molar-refractivity contribution is 7.13. The van der Waals surface area contributed by atoms with E-state index < -0.39 is 0 Å². The van der Waals surface area contributed by atoms with Crippen molar-refractivity contribution >= 4 is 23.2 Å². The molecule has 0 N–H and O–H groups in total. The maximum absolute atomic E-state index is 12.8. The van der Waals surface area contributed by atoms with Gasteiger partial charge in [0.15, 0.2) is 0 Å². The first-order chi connectivity index (χ1) is 13.5. The fourth-order valence-corrected chi connectivity index (χ4v) is 3.99. The van der Waals surface area contributed by atoms with Gasteiger partial charge in [0.1, 0.15) is 16.5 Å². The standard InChI is InChI=1S/C21H26N2O4S/c1-4-26-21(25)16-9-11-23(12-10-16)20(24)18-13-28-19(22-18)15-5-7-17(8-6-15)27-14(2)3/h5-8,13-14,16H,4,9-12H2,1-3H3. The van der Waals surface area contributed by atoms with E-state index in [9.17, 15) is 9.59 Å². The van der Waals surface area contributed by atoms with Crippen molar-refractivity contribution in [3.8, 4) is 16.3 Å².